The Balaban J connectivity index is 1.47. The van der Waals surface area contributed by atoms with Crippen LogP contribution in [0.15, 0.2) is 30.5 Å². The van der Waals surface area contributed by atoms with Gasteiger partial charge in [0.15, 0.2) is 17.1 Å². The molecule has 1 aliphatic rings. The Morgan fingerprint density at radius 2 is 2.14 bits per heavy atom. The van der Waals surface area contributed by atoms with Crippen LogP contribution in [0.3, 0.4) is 0 Å². The van der Waals surface area contributed by atoms with Crippen molar-refractivity contribution in [2.24, 2.45) is 0 Å². The highest BCUT2D eigenvalue weighted by molar-refractivity contribution is 7.18. The Labute approximate surface area is 159 Å². The van der Waals surface area contributed by atoms with Crippen LogP contribution in [-0.4, -0.2) is 33.7 Å². The summed E-state index contributed by atoms with van der Waals surface area (Å²) in [6.45, 7) is -0.434. The monoisotopic (exact) mass is 411 g/mol. The lowest BCUT2D eigenvalue weighted by molar-refractivity contribution is -0.138. The second kappa shape index (κ2) is 6.91. The molecule has 0 fully saturated rings. The number of rotatable bonds is 3. The number of hydrogen-bond donors (Lipinski definition) is 2. The molecule has 0 aliphatic carbocycles. The number of nitrogens with zero attached hydrogens (tertiary/aromatic N) is 2. The van der Waals surface area contributed by atoms with Crippen molar-refractivity contribution in [3.05, 3.63) is 41.0 Å². The van der Waals surface area contributed by atoms with Gasteiger partial charge in [-0.1, -0.05) is 0 Å². The molecule has 1 amide bonds. The number of halogens is 3. The molecular weight excluding hydrogens is 399 g/mol. The molecule has 0 spiro atoms. The Kier molecular flexibility index (Phi) is 4.55. The molecule has 28 heavy (non-hydrogen) atoms. The molecule has 1 aromatic carbocycles. The molecular formula is C17H12F3N3O4S. The number of fused-ring (bicyclic) bond motifs is 2. The van der Waals surface area contributed by atoms with Crippen LogP contribution in [0.5, 0.6) is 11.5 Å². The van der Waals surface area contributed by atoms with Crippen molar-refractivity contribution in [3.63, 3.8) is 0 Å². The summed E-state index contributed by atoms with van der Waals surface area (Å²) in [5.74, 6) is -0.537. The summed E-state index contributed by atoms with van der Waals surface area (Å²) in [4.78, 5) is 20.6. The van der Waals surface area contributed by atoms with E-state index < -0.39 is 23.8 Å². The lowest BCUT2D eigenvalue weighted by Gasteiger charge is -2.26. The van der Waals surface area contributed by atoms with Gasteiger partial charge in [-0.25, -0.2) is 9.97 Å². The van der Waals surface area contributed by atoms with Crippen LogP contribution in [0.1, 0.15) is 10.6 Å². The van der Waals surface area contributed by atoms with Crippen molar-refractivity contribution in [2.45, 2.75) is 18.9 Å². The number of pyridine rings is 1. The number of benzene rings is 1. The van der Waals surface area contributed by atoms with E-state index in [1.54, 1.807) is 6.07 Å². The van der Waals surface area contributed by atoms with Gasteiger partial charge in [-0.05, 0) is 24.3 Å². The van der Waals surface area contributed by atoms with E-state index in [-0.39, 0.29) is 24.7 Å². The van der Waals surface area contributed by atoms with Crippen LogP contribution < -0.4 is 14.8 Å². The topological polar surface area (TPSA) is 93.6 Å². The number of hydrogen-bond acceptors (Lipinski definition) is 7. The smallest absolute Gasteiger partial charge is 0.416 e. The van der Waals surface area contributed by atoms with Crippen LogP contribution >= 0.6 is 11.3 Å². The molecule has 0 radical (unpaired) electrons. The maximum Gasteiger partial charge on any atom is 0.416 e. The fourth-order valence-electron chi connectivity index (χ4n) is 2.60. The number of aliphatic hydroxyl groups is 1. The van der Waals surface area contributed by atoms with Gasteiger partial charge in [-0.15, -0.1) is 11.3 Å². The quantitative estimate of drug-likeness (QED) is 0.688. The third-order valence-electron chi connectivity index (χ3n) is 3.92. The zero-order chi connectivity index (χ0) is 19.9. The first kappa shape index (κ1) is 18.4. The predicted molar refractivity (Wildman–Crippen MR) is 93.3 cm³/mol. The number of aliphatic hydroxyl groups excluding tert-OH is 1. The van der Waals surface area contributed by atoms with Gasteiger partial charge >= 0.3 is 6.18 Å². The molecule has 146 valence electrons. The molecule has 11 heteroatoms. The van der Waals surface area contributed by atoms with Gasteiger partial charge in [-0.2, -0.15) is 13.2 Å². The van der Waals surface area contributed by atoms with Crippen LogP contribution in [0, 0.1) is 0 Å². The van der Waals surface area contributed by atoms with E-state index in [2.05, 4.69) is 15.3 Å². The van der Waals surface area contributed by atoms with Crippen molar-refractivity contribution in [2.75, 3.05) is 11.9 Å². The van der Waals surface area contributed by atoms with Crippen LogP contribution in [0.2, 0.25) is 0 Å². The Morgan fingerprint density at radius 3 is 2.89 bits per heavy atom. The lowest BCUT2D eigenvalue weighted by Crippen LogP contribution is -2.40. The van der Waals surface area contributed by atoms with Crippen molar-refractivity contribution in [1.82, 2.24) is 9.97 Å². The van der Waals surface area contributed by atoms with Gasteiger partial charge in [0.05, 0.1) is 28.8 Å². The minimum atomic E-state index is -4.50. The predicted octanol–water partition coefficient (Wildman–Crippen LogP) is 2.98. The van der Waals surface area contributed by atoms with Gasteiger partial charge in [0, 0.05) is 0 Å². The highest BCUT2D eigenvalue weighted by Gasteiger charge is 2.34. The molecule has 2 aromatic heterocycles. The Morgan fingerprint density at radius 1 is 1.32 bits per heavy atom. The van der Waals surface area contributed by atoms with E-state index in [0.717, 1.165) is 18.2 Å². The molecule has 4 rings (SSSR count). The molecule has 0 saturated heterocycles. The second-order valence-electron chi connectivity index (χ2n) is 5.88. The zero-order valence-electron chi connectivity index (χ0n) is 14.0. The number of aromatic nitrogens is 2. The molecule has 2 N–H and O–H groups in total. The number of anilines is 1. The Bertz CT molecular complexity index is 1050. The van der Waals surface area contributed by atoms with Crippen molar-refractivity contribution in [3.8, 4) is 11.5 Å². The summed E-state index contributed by atoms with van der Waals surface area (Å²) in [7, 11) is 0. The summed E-state index contributed by atoms with van der Waals surface area (Å²) in [6, 6.07) is 4.48. The third kappa shape index (κ3) is 3.58. The van der Waals surface area contributed by atoms with Crippen molar-refractivity contribution < 1.29 is 32.5 Å². The largest absolute Gasteiger partial charge is 0.485 e. The summed E-state index contributed by atoms with van der Waals surface area (Å²) >= 11 is 1.25. The highest BCUT2D eigenvalue weighted by Crippen LogP contribution is 2.38. The third-order valence-corrected chi connectivity index (χ3v) is 4.89. The van der Waals surface area contributed by atoms with Gasteiger partial charge in [0.2, 0.25) is 6.10 Å². The molecule has 3 aromatic rings. The molecule has 0 unspecified atom stereocenters. The number of amides is 1. The van der Waals surface area contributed by atoms with Gasteiger partial charge < -0.3 is 19.9 Å². The summed E-state index contributed by atoms with van der Waals surface area (Å²) in [5.41, 5.74) is -0.00455. The highest BCUT2D eigenvalue weighted by atomic mass is 32.1. The molecule has 0 bridgehead atoms. The summed E-state index contributed by atoms with van der Waals surface area (Å²) in [5, 5.41) is 12.3. The minimum absolute atomic E-state index is 0.0584. The average molecular weight is 411 g/mol. The van der Waals surface area contributed by atoms with E-state index in [0.29, 0.717) is 21.0 Å². The second-order valence-corrected chi connectivity index (χ2v) is 6.99. The standard InChI is InChI=1S/C17H12F3N3O4S/c18-17(19,20)8-1-2-10-11(3-8)26-7-12(27-10)16(25)22-9-4-13-15(21-5-9)23-14(6-24)28-13/h1-5,12,24H,6-7H2,(H,22,25)/t12-/m1/s1. The number of alkyl halides is 3. The Hall–Kier alpha value is -2.92. The maximum atomic E-state index is 12.8. The first-order valence-electron chi connectivity index (χ1n) is 8.01. The molecule has 0 saturated carbocycles. The molecule has 3 heterocycles. The van der Waals surface area contributed by atoms with Crippen LogP contribution in [0.25, 0.3) is 10.3 Å². The van der Waals surface area contributed by atoms with E-state index >= 15 is 0 Å². The van der Waals surface area contributed by atoms with Gasteiger partial charge in [0.1, 0.15) is 11.6 Å². The average Bonchev–Trinajstić information content (AvgIpc) is 3.09. The van der Waals surface area contributed by atoms with E-state index in [4.69, 9.17) is 14.6 Å². The van der Waals surface area contributed by atoms with Crippen LogP contribution in [0.4, 0.5) is 18.9 Å². The normalized spacial score (nSPS) is 16.2. The van der Waals surface area contributed by atoms with Crippen molar-refractivity contribution >= 4 is 33.3 Å². The fraction of sp³-hybridized carbons (Fsp3) is 0.235. The van der Waals surface area contributed by atoms with E-state index in [1.165, 1.54) is 17.5 Å². The SMILES string of the molecule is O=C(Nc1cnc2nc(CO)sc2c1)[C@H]1COc2cc(C(F)(F)F)ccc2O1. The number of thiazole rings is 1. The van der Waals surface area contributed by atoms with E-state index in [9.17, 15) is 18.0 Å². The van der Waals surface area contributed by atoms with Gasteiger partial charge in [0.25, 0.3) is 5.91 Å². The van der Waals surface area contributed by atoms with Crippen LogP contribution in [-0.2, 0) is 17.6 Å². The minimum Gasteiger partial charge on any atom is -0.485 e. The summed E-state index contributed by atoms with van der Waals surface area (Å²) in [6.07, 6.45) is -4.12. The number of carbonyl (C=O) groups excluding carboxylic acids is 1. The number of carbonyl (C=O) groups is 1. The number of nitrogens with one attached hydrogen (secondary N) is 1. The molecule has 7 nitrogen and oxygen atoms in total. The molecule has 1 aliphatic heterocycles. The van der Waals surface area contributed by atoms with E-state index in [1.807, 2.05) is 0 Å². The summed E-state index contributed by atoms with van der Waals surface area (Å²) < 4.78 is 49.7. The van der Waals surface area contributed by atoms with Crippen molar-refractivity contribution in [1.29, 1.82) is 0 Å². The molecule has 1 atom stereocenters. The first-order chi connectivity index (χ1) is 13.3. The number of ether oxygens (including phenoxy) is 2. The zero-order valence-corrected chi connectivity index (χ0v) is 14.8. The first-order valence-corrected chi connectivity index (χ1v) is 8.83. The maximum absolute atomic E-state index is 12.8. The fourth-order valence-corrected chi connectivity index (χ4v) is 3.43. The lowest BCUT2D eigenvalue weighted by atomic mass is 10.1. The van der Waals surface area contributed by atoms with Gasteiger partial charge in [-0.3, -0.25) is 4.79 Å².